The predicted molar refractivity (Wildman–Crippen MR) is 86.3 cm³/mol. The molecule has 2 heterocycles. The van der Waals surface area contributed by atoms with E-state index in [2.05, 4.69) is 10.3 Å². The lowest BCUT2D eigenvalue weighted by Crippen LogP contribution is -2.09. The Labute approximate surface area is 134 Å². The van der Waals surface area contributed by atoms with Crippen LogP contribution in [-0.4, -0.2) is 18.0 Å². The highest BCUT2D eigenvalue weighted by Gasteiger charge is 2.12. The fraction of sp³-hybridized carbons (Fsp3) is 0.0667. The van der Waals surface area contributed by atoms with E-state index in [1.165, 1.54) is 35.8 Å². The first kappa shape index (κ1) is 14.7. The van der Waals surface area contributed by atoms with Crippen molar-refractivity contribution in [2.24, 2.45) is 0 Å². The fourth-order valence-electron chi connectivity index (χ4n) is 1.86. The van der Waals surface area contributed by atoms with Gasteiger partial charge in [-0.05, 0) is 29.6 Å². The number of ether oxygens (including phenoxy) is 1. The quantitative estimate of drug-likeness (QED) is 0.775. The van der Waals surface area contributed by atoms with Gasteiger partial charge in [0.1, 0.15) is 0 Å². The molecule has 3 aromatic rings. The van der Waals surface area contributed by atoms with Crippen molar-refractivity contribution in [3.63, 3.8) is 0 Å². The summed E-state index contributed by atoms with van der Waals surface area (Å²) in [6.45, 7) is 0. The Bertz CT molecular complexity index is 800. The molecule has 0 unspecified atom stereocenters. The molecule has 2 aromatic heterocycles. The molecule has 0 bridgehead atoms. The van der Waals surface area contributed by atoms with Gasteiger partial charge in [-0.2, -0.15) is 0 Å². The van der Waals surface area contributed by atoms with Gasteiger partial charge in [-0.3, -0.25) is 10.1 Å². The van der Waals surface area contributed by atoms with Crippen molar-refractivity contribution in [3.05, 3.63) is 51.8 Å². The van der Waals surface area contributed by atoms with Crippen molar-refractivity contribution >= 4 is 33.7 Å². The molecule has 7 heteroatoms. The molecule has 0 aliphatic carbocycles. The largest absolute Gasteiger partial charge is 0.494 e. The summed E-state index contributed by atoms with van der Waals surface area (Å²) < 4.78 is 18.6. The summed E-state index contributed by atoms with van der Waals surface area (Å²) in [4.78, 5) is 16.9. The lowest BCUT2D eigenvalue weighted by atomic mass is 10.1. The third kappa shape index (κ3) is 3.00. The molecular formula is C15H11FN2O2S2. The van der Waals surface area contributed by atoms with Gasteiger partial charge in [0.2, 0.25) is 0 Å². The van der Waals surface area contributed by atoms with Crippen LogP contribution in [0.25, 0.3) is 11.3 Å². The first-order valence-corrected chi connectivity index (χ1v) is 8.07. The first-order chi connectivity index (χ1) is 10.7. The lowest BCUT2D eigenvalue weighted by molar-refractivity contribution is 0.103. The molecule has 0 spiro atoms. The maximum atomic E-state index is 13.7. The van der Waals surface area contributed by atoms with E-state index in [0.29, 0.717) is 21.3 Å². The van der Waals surface area contributed by atoms with Crippen molar-refractivity contribution in [1.29, 1.82) is 0 Å². The van der Waals surface area contributed by atoms with E-state index in [-0.39, 0.29) is 11.7 Å². The molecule has 0 saturated carbocycles. The van der Waals surface area contributed by atoms with Crippen LogP contribution in [0.1, 0.15) is 9.67 Å². The molecule has 1 N–H and O–H groups in total. The summed E-state index contributed by atoms with van der Waals surface area (Å²) in [5, 5.41) is 6.81. The predicted octanol–water partition coefficient (Wildman–Crippen LogP) is 4.27. The van der Waals surface area contributed by atoms with Crippen LogP contribution in [0.15, 0.2) is 41.1 Å². The topological polar surface area (TPSA) is 51.2 Å². The van der Waals surface area contributed by atoms with Crippen LogP contribution in [0, 0.1) is 5.82 Å². The highest BCUT2D eigenvalue weighted by atomic mass is 32.1. The SMILES string of the molecule is COc1ccc(-c2csc(NC(=O)c3cccs3)n2)cc1F. The molecule has 0 saturated heterocycles. The van der Waals surface area contributed by atoms with Gasteiger partial charge < -0.3 is 4.74 Å². The maximum absolute atomic E-state index is 13.7. The van der Waals surface area contributed by atoms with E-state index >= 15 is 0 Å². The summed E-state index contributed by atoms with van der Waals surface area (Å²) in [6, 6.07) is 8.19. The molecule has 0 fully saturated rings. The maximum Gasteiger partial charge on any atom is 0.267 e. The Kier molecular flexibility index (Phi) is 4.17. The van der Waals surface area contributed by atoms with Crippen LogP contribution in [0.5, 0.6) is 5.75 Å². The number of hydrogen-bond acceptors (Lipinski definition) is 5. The van der Waals surface area contributed by atoms with Crippen LogP contribution in [0.2, 0.25) is 0 Å². The normalized spacial score (nSPS) is 10.5. The molecule has 112 valence electrons. The monoisotopic (exact) mass is 334 g/mol. The van der Waals surface area contributed by atoms with Crippen molar-refractivity contribution < 1.29 is 13.9 Å². The van der Waals surface area contributed by atoms with Gasteiger partial charge in [0.15, 0.2) is 16.7 Å². The molecule has 1 amide bonds. The number of benzene rings is 1. The minimum atomic E-state index is -0.447. The third-order valence-electron chi connectivity index (χ3n) is 2.92. The minimum Gasteiger partial charge on any atom is -0.494 e. The summed E-state index contributed by atoms with van der Waals surface area (Å²) in [6.07, 6.45) is 0. The van der Waals surface area contributed by atoms with Crippen LogP contribution >= 0.6 is 22.7 Å². The number of thiazole rings is 1. The molecule has 0 aliphatic heterocycles. The van der Waals surface area contributed by atoms with Crippen molar-refractivity contribution in [2.45, 2.75) is 0 Å². The number of anilines is 1. The van der Waals surface area contributed by atoms with Gasteiger partial charge in [-0.15, -0.1) is 22.7 Å². The van der Waals surface area contributed by atoms with Crippen molar-refractivity contribution in [1.82, 2.24) is 4.98 Å². The van der Waals surface area contributed by atoms with Gasteiger partial charge in [-0.25, -0.2) is 9.37 Å². The van der Waals surface area contributed by atoms with Gasteiger partial charge in [0.05, 0.1) is 17.7 Å². The summed E-state index contributed by atoms with van der Waals surface area (Å²) in [7, 11) is 1.42. The summed E-state index contributed by atoms with van der Waals surface area (Å²) in [5.74, 6) is -0.459. The Morgan fingerprint density at radius 2 is 2.18 bits per heavy atom. The summed E-state index contributed by atoms with van der Waals surface area (Å²) >= 11 is 2.65. The van der Waals surface area contributed by atoms with Crippen molar-refractivity contribution in [2.75, 3.05) is 12.4 Å². The second kappa shape index (κ2) is 6.25. The van der Waals surface area contributed by atoms with E-state index in [0.717, 1.165) is 0 Å². The number of rotatable bonds is 4. The number of nitrogens with one attached hydrogen (secondary N) is 1. The molecule has 4 nitrogen and oxygen atoms in total. The van der Waals surface area contributed by atoms with E-state index in [1.54, 1.807) is 23.6 Å². The number of carbonyl (C=O) groups is 1. The van der Waals surface area contributed by atoms with Gasteiger partial charge in [0.25, 0.3) is 5.91 Å². The molecule has 0 radical (unpaired) electrons. The van der Waals surface area contributed by atoms with E-state index in [9.17, 15) is 9.18 Å². The van der Waals surface area contributed by atoms with E-state index < -0.39 is 5.82 Å². The second-order valence-electron chi connectivity index (χ2n) is 4.32. The van der Waals surface area contributed by atoms with Gasteiger partial charge >= 0.3 is 0 Å². The standard InChI is InChI=1S/C15H11FN2O2S2/c1-20-12-5-4-9(7-10(12)16)11-8-22-15(17-11)18-14(19)13-3-2-6-21-13/h2-8H,1H3,(H,17,18,19). The molecule has 1 aromatic carbocycles. The molecule has 22 heavy (non-hydrogen) atoms. The fourth-order valence-corrected chi connectivity index (χ4v) is 3.19. The van der Waals surface area contributed by atoms with Crippen LogP contribution < -0.4 is 10.1 Å². The number of hydrogen-bond donors (Lipinski definition) is 1. The average molecular weight is 334 g/mol. The number of thiophene rings is 1. The minimum absolute atomic E-state index is 0.185. The van der Waals surface area contributed by atoms with Crippen LogP contribution in [0.3, 0.4) is 0 Å². The number of aromatic nitrogens is 1. The zero-order chi connectivity index (χ0) is 15.5. The number of methoxy groups -OCH3 is 1. The molecular weight excluding hydrogens is 323 g/mol. The van der Waals surface area contributed by atoms with Crippen LogP contribution in [0.4, 0.5) is 9.52 Å². The first-order valence-electron chi connectivity index (χ1n) is 6.31. The highest BCUT2D eigenvalue weighted by Crippen LogP contribution is 2.28. The van der Waals surface area contributed by atoms with E-state index in [4.69, 9.17) is 4.74 Å². The van der Waals surface area contributed by atoms with Crippen molar-refractivity contribution in [3.8, 4) is 17.0 Å². The number of carbonyl (C=O) groups excluding carboxylic acids is 1. The number of nitrogens with zero attached hydrogens (tertiary/aromatic N) is 1. The lowest BCUT2D eigenvalue weighted by Gasteiger charge is -2.03. The smallest absolute Gasteiger partial charge is 0.267 e. The molecule has 3 rings (SSSR count). The zero-order valence-electron chi connectivity index (χ0n) is 11.5. The Balaban J connectivity index is 1.79. The Morgan fingerprint density at radius 1 is 1.32 bits per heavy atom. The second-order valence-corrected chi connectivity index (χ2v) is 6.12. The molecule has 0 atom stereocenters. The Hall–Kier alpha value is -2.25. The molecule has 0 aliphatic rings. The van der Waals surface area contributed by atoms with Gasteiger partial charge in [0, 0.05) is 10.9 Å². The highest BCUT2D eigenvalue weighted by molar-refractivity contribution is 7.14. The van der Waals surface area contributed by atoms with Crippen LogP contribution in [-0.2, 0) is 0 Å². The Morgan fingerprint density at radius 3 is 2.86 bits per heavy atom. The third-order valence-corrected chi connectivity index (χ3v) is 4.54. The van der Waals surface area contributed by atoms with Gasteiger partial charge in [-0.1, -0.05) is 6.07 Å². The number of halogens is 1. The number of amides is 1. The van der Waals surface area contributed by atoms with E-state index in [1.807, 2.05) is 11.4 Å². The summed E-state index contributed by atoms with van der Waals surface area (Å²) in [5.41, 5.74) is 1.24. The zero-order valence-corrected chi connectivity index (χ0v) is 13.1. The average Bonchev–Trinajstić information content (AvgIpc) is 3.18.